The molecule has 4 nitrogen and oxygen atoms in total. The molecule has 1 aliphatic rings. The van der Waals surface area contributed by atoms with E-state index in [4.69, 9.17) is 0 Å². The average Bonchev–Trinajstić information content (AvgIpc) is 3.01. The number of aryl methyl sites for hydroxylation is 2. The molecule has 1 fully saturated rings. The topological polar surface area (TPSA) is 44.0 Å². The predicted octanol–water partition coefficient (Wildman–Crippen LogP) is 2.97. The minimum Gasteiger partial charge on any atom is -0.299 e. The zero-order chi connectivity index (χ0) is 14.8. The predicted molar refractivity (Wildman–Crippen MR) is 83.5 cm³/mol. The summed E-state index contributed by atoms with van der Waals surface area (Å²) in [5.41, 5.74) is 2.05. The van der Waals surface area contributed by atoms with Gasteiger partial charge in [-0.1, -0.05) is 19.1 Å². The summed E-state index contributed by atoms with van der Waals surface area (Å²) >= 11 is 0. The van der Waals surface area contributed by atoms with E-state index in [-0.39, 0.29) is 11.6 Å². The lowest BCUT2D eigenvalue weighted by atomic mass is 10.0. The maximum absolute atomic E-state index is 12.6. The Morgan fingerprint density at radius 1 is 1.10 bits per heavy atom. The molecule has 0 bridgehead atoms. The van der Waals surface area contributed by atoms with E-state index >= 15 is 0 Å². The van der Waals surface area contributed by atoms with Crippen LogP contribution < -0.4 is 5.69 Å². The van der Waals surface area contributed by atoms with Crippen LogP contribution in [0.4, 0.5) is 0 Å². The Hall–Kier alpha value is -1.84. The van der Waals surface area contributed by atoms with Gasteiger partial charge in [-0.2, -0.15) is 0 Å². The van der Waals surface area contributed by atoms with Gasteiger partial charge in [-0.3, -0.25) is 13.9 Å². The van der Waals surface area contributed by atoms with Gasteiger partial charge in [-0.25, -0.2) is 4.79 Å². The first kappa shape index (κ1) is 14.1. The SMILES string of the molecule is CCCn1c(=O)n(CCC2CCCC2=O)c2ccccc21. The molecule has 0 N–H and O–H groups in total. The number of Topliss-reactive ketones (excluding diaryl/α,β-unsaturated/α-hetero) is 1. The molecule has 0 aliphatic heterocycles. The monoisotopic (exact) mass is 286 g/mol. The summed E-state index contributed by atoms with van der Waals surface area (Å²) < 4.78 is 3.70. The third-order valence-corrected chi connectivity index (χ3v) is 4.50. The normalized spacial score (nSPS) is 18.7. The molecular formula is C17H22N2O2. The average molecular weight is 286 g/mol. The van der Waals surface area contributed by atoms with Crippen LogP contribution in [0.15, 0.2) is 29.1 Å². The molecule has 1 heterocycles. The number of para-hydroxylation sites is 2. The molecular weight excluding hydrogens is 264 g/mol. The van der Waals surface area contributed by atoms with E-state index in [1.807, 2.05) is 33.4 Å². The van der Waals surface area contributed by atoms with E-state index in [0.717, 1.165) is 49.7 Å². The van der Waals surface area contributed by atoms with Crippen LogP contribution in [0.2, 0.25) is 0 Å². The molecule has 21 heavy (non-hydrogen) atoms. The third-order valence-electron chi connectivity index (χ3n) is 4.50. The van der Waals surface area contributed by atoms with Gasteiger partial charge >= 0.3 is 5.69 Å². The van der Waals surface area contributed by atoms with E-state index in [1.54, 1.807) is 0 Å². The van der Waals surface area contributed by atoms with Crippen molar-refractivity contribution in [1.29, 1.82) is 0 Å². The molecule has 1 aromatic carbocycles. The summed E-state index contributed by atoms with van der Waals surface area (Å²) in [6, 6.07) is 7.94. The van der Waals surface area contributed by atoms with Crippen LogP contribution in [-0.2, 0) is 17.9 Å². The van der Waals surface area contributed by atoms with Crippen LogP contribution in [0.25, 0.3) is 11.0 Å². The molecule has 1 atom stereocenters. The van der Waals surface area contributed by atoms with Gasteiger partial charge < -0.3 is 0 Å². The Kier molecular flexibility index (Phi) is 3.95. The second kappa shape index (κ2) is 5.88. The smallest absolute Gasteiger partial charge is 0.299 e. The van der Waals surface area contributed by atoms with E-state index in [0.29, 0.717) is 12.3 Å². The number of ketones is 1. The molecule has 4 heteroatoms. The number of imidazole rings is 1. The Morgan fingerprint density at radius 2 is 1.76 bits per heavy atom. The fraction of sp³-hybridized carbons (Fsp3) is 0.529. The van der Waals surface area contributed by atoms with Crippen LogP contribution in [0.1, 0.15) is 39.0 Å². The fourth-order valence-electron chi connectivity index (χ4n) is 3.41. The number of nitrogens with zero attached hydrogens (tertiary/aromatic N) is 2. The Balaban J connectivity index is 1.92. The Morgan fingerprint density at radius 3 is 2.33 bits per heavy atom. The number of carbonyl (C=O) groups excluding carboxylic acids is 1. The molecule has 1 aromatic heterocycles. The molecule has 0 saturated heterocycles. The van der Waals surface area contributed by atoms with Gasteiger partial charge in [0.2, 0.25) is 0 Å². The van der Waals surface area contributed by atoms with Crippen molar-refractivity contribution in [3.05, 3.63) is 34.7 Å². The molecule has 112 valence electrons. The van der Waals surface area contributed by atoms with Crippen molar-refractivity contribution in [1.82, 2.24) is 9.13 Å². The summed E-state index contributed by atoms with van der Waals surface area (Å²) in [5, 5.41) is 0. The molecule has 3 rings (SSSR count). The van der Waals surface area contributed by atoms with Gasteiger partial charge in [0.05, 0.1) is 11.0 Å². The van der Waals surface area contributed by atoms with Gasteiger partial charge in [0.15, 0.2) is 0 Å². The van der Waals surface area contributed by atoms with Crippen molar-refractivity contribution in [2.24, 2.45) is 5.92 Å². The second-order valence-corrected chi connectivity index (χ2v) is 5.92. The van der Waals surface area contributed by atoms with Gasteiger partial charge in [0.25, 0.3) is 0 Å². The van der Waals surface area contributed by atoms with E-state index in [9.17, 15) is 9.59 Å². The molecule has 2 aromatic rings. The lowest BCUT2D eigenvalue weighted by Gasteiger charge is -2.08. The summed E-state index contributed by atoms with van der Waals surface area (Å²) in [4.78, 5) is 24.4. The summed E-state index contributed by atoms with van der Waals surface area (Å²) in [7, 11) is 0. The molecule has 1 aliphatic carbocycles. The van der Waals surface area contributed by atoms with Crippen molar-refractivity contribution in [2.75, 3.05) is 0 Å². The lowest BCUT2D eigenvalue weighted by Crippen LogP contribution is -2.25. The first-order valence-electron chi connectivity index (χ1n) is 7.93. The van der Waals surface area contributed by atoms with Crippen LogP contribution in [0.3, 0.4) is 0 Å². The van der Waals surface area contributed by atoms with E-state index < -0.39 is 0 Å². The van der Waals surface area contributed by atoms with E-state index in [1.165, 1.54) is 0 Å². The Bertz CT molecular complexity index is 711. The maximum Gasteiger partial charge on any atom is 0.329 e. The van der Waals surface area contributed by atoms with Gasteiger partial charge in [-0.15, -0.1) is 0 Å². The molecule has 0 radical (unpaired) electrons. The highest BCUT2D eigenvalue weighted by atomic mass is 16.1. The fourth-order valence-corrected chi connectivity index (χ4v) is 3.41. The standard InChI is InChI=1S/C17H22N2O2/c1-2-11-18-14-7-3-4-8-15(14)19(17(18)21)12-10-13-6-5-9-16(13)20/h3-4,7-8,13H,2,5-6,9-12H2,1H3. The highest BCUT2D eigenvalue weighted by Gasteiger charge is 2.24. The van der Waals surface area contributed by atoms with Gasteiger partial charge in [-0.05, 0) is 37.8 Å². The number of benzene rings is 1. The zero-order valence-corrected chi connectivity index (χ0v) is 12.5. The first-order chi connectivity index (χ1) is 10.2. The molecule has 1 saturated carbocycles. The first-order valence-corrected chi connectivity index (χ1v) is 7.93. The highest BCUT2D eigenvalue weighted by molar-refractivity contribution is 5.82. The minimum atomic E-state index is 0.0588. The van der Waals surface area contributed by atoms with Crippen molar-refractivity contribution in [3.63, 3.8) is 0 Å². The number of rotatable bonds is 5. The molecule has 0 amide bonds. The van der Waals surface area contributed by atoms with Crippen LogP contribution in [-0.4, -0.2) is 14.9 Å². The minimum absolute atomic E-state index is 0.0588. The van der Waals surface area contributed by atoms with Crippen LogP contribution >= 0.6 is 0 Å². The number of carbonyl (C=O) groups is 1. The summed E-state index contributed by atoms with van der Waals surface area (Å²) in [6.45, 7) is 3.47. The van der Waals surface area contributed by atoms with Crippen molar-refractivity contribution in [3.8, 4) is 0 Å². The maximum atomic E-state index is 12.6. The number of fused-ring (bicyclic) bond motifs is 1. The van der Waals surface area contributed by atoms with Crippen LogP contribution in [0, 0.1) is 5.92 Å². The zero-order valence-electron chi connectivity index (χ0n) is 12.5. The second-order valence-electron chi connectivity index (χ2n) is 5.92. The number of hydrogen-bond acceptors (Lipinski definition) is 2. The summed E-state index contributed by atoms with van der Waals surface area (Å²) in [5.74, 6) is 0.533. The van der Waals surface area contributed by atoms with Crippen molar-refractivity contribution < 1.29 is 4.79 Å². The molecule has 1 unspecified atom stereocenters. The number of aromatic nitrogens is 2. The third kappa shape index (κ3) is 2.55. The van der Waals surface area contributed by atoms with Crippen molar-refractivity contribution in [2.45, 2.75) is 52.1 Å². The lowest BCUT2D eigenvalue weighted by molar-refractivity contribution is -0.120. The highest BCUT2D eigenvalue weighted by Crippen LogP contribution is 2.25. The van der Waals surface area contributed by atoms with Gasteiger partial charge in [0.1, 0.15) is 5.78 Å². The Labute approximate surface area is 124 Å². The largest absolute Gasteiger partial charge is 0.329 e. The van der Waals surface area contributed by atoms with Crippen LogP contribution in [0.5, 0.6) is 0 Å². The number of hydrogen-bond donors (Lipinski definition) is 0. The quantitative estimate of drug-likeness (QED) is 0.848. The van der Waals surface area contributed by atoms with Crippen molar-refractivity contribution >= 4 is 16.8 Å². The molecule has 0 spiro atoms. The summed E-state index contributed by atoms with van der Waals surface area (Å²) in [6.07, 6.45) is 4.45. The van der Waals surface area contributed by atoms with Gasteiger partial charge in [0, 0.05) is 25.4 Å². The van der Waals surface area contributed by atoms with E-state index in [2.05, 4.69) is 6.92 Å².